The van der Waals surface area contributed by atoms with Crippen LogP contribution >= 0.6 is 0 Å². The van der Waals surface area contributed by atoms with E-state index in [1.54, 1.807) is 0 Å². The van der Waals surface area contributed by atoms with Gasteiger partial charge in [0, 0.05) is 77.9 Å². The van der Waals surface area contributed by atoms with Gasteiger partial charge in [-0.25, -0.2) is 14.4 Å². The third kappa shape index (κ3) is 34.3. The van der Waals surface area contributed by atoms with Gasteiger partial charge in [-0.05, 0) is 0 Å². The topological polar surface area (TPSA) is 526 Å². The molecule has 0 aliphatic heterocycles. The van der Waals surface area contributed by atoms with Crippen LogP contribution in [0.3, 0.4) is 0 Å². The molecule has 0 bridgehead atoms. The molecule has 0 saturated carbocycles. The molecule has 3 atom stereocenters. The maximum Gasteiger partial charge on any atom is 0.448 e. The van der Waals surface area contributed by atoms with Gasteiger partial charge < -0.3 is 58.5 Å². The molecular weight excluding hydrogens is 1050 g/mol. The van der Waals surface area contributed by atoms with E-state index in [4.69, 9.17) is 44.3 Å². The van der Waals surface area contributed by atoms with E-state index in [0.29, 0.717) is 0 Å². The molecule has 0 radical (unpaired) electrons. The number of hydrogen-bond acceptors (Lipinski definition) is 21. The summed E-state index contributed by atoms with van der Waals surface area (Å²) in [4.78, 5) is 94.7. The number of aliphatic carboxylic acids is 6. The number of hydrogen-bond donors (Lipinski definition) is 12. The Hall–Kier alpha value is -2.67. The molecule has 0 aromatic heterocycles. The van der Waals surface area contributed by atoms with Crippen LogP contribution in [0.2, 0.25) is 0 Å². The second-order valence-electron chi connectivity index (χ2n) is 8.90. The number of rotatable bonds is 18. The zero-order chi connectivity index (χ0) is 41.6. The Bertz CT molecular complexity index is 1530. The first-order valence-electron chi connectivity index (χ1n) is 11.5. The zero-order valence-corrected chi connectivity index (χ0v) is 41.3. The van der Waals surface area contributed by atoms with Gasteiger partial charge in [-0.15, -0.1) is 0 Å². The van der Waals surface area contributed by atoms with Crippen LogP contribution in [0.5, 0.6) is 0 Å². The van der Waals surface area contributed by atoms with E-state index in [-0.39, 0.29) is 77.9 Å². The molecule has 0 spiro atoms. The Labute approximate surface area is 356 Å². The summed E-state index contributed by atoms with van der Waals surface area (Å²) in [6, 6.07) is 0. The molecule has 30 nitrogen and oxygen atoms in total. The largest absolute Gasteiger partial charge is 0.481 e. The number of carbonyl (C=O) groups is 9. The van der Waals surface area contributed by atoms with Crippen LogP contribution in [0.1, 0.15) is 38.5 Å². The molecule has 0 aliphatic carbocycles. The van der Waals surface area contributed by atoms with Crippen molar-refractivity contribution in [3.05, 3.63) is 0 Å². The Morgan fingerprint density at radius 3 is 0.600 bits per heavy atom. The fraction of sp³-hybridized carbons (Fsp3) is 0.500. The minimum absolute atomic E-state index is 0. The molecule has 3 unspecified atom stereocenters. The number of carbonyl (C=O) groups excluding carboxylic acids is 3. The summed E-state index contributed by atoms with van der Waals surface area (Å²) < 4.78 is 94.8. The maximum absolute atomic E-state index is 10.8. The van der Waals surface area contributed by atoms with Crippen molar-refractivity contribution in [1.82, 2.24) is 0 Å². The second-order valence-corrected chi connectivity index (χ2v) is 12.0. The molecule has 0 saturated heterocycles. The van der Waals surface area contributed by atoms with Gasteiger partial charge >= 0.3 is 84.9 Å². The molecule has 0 aliphatic rings. The Morgan fingerprint density at radius 1 is 0.364 bits per heavy atom. The van der Waals surface area contributed by atoms with Crippen molar-refractivity contribution < 1.29 is 218 Å². The monoisotopic (exact) mass is 1070 g/mol. The summed E-state index contributed by atoms with van der Waals surface area (Å²) in [7, 11) is -15.5. The van der Waals surface area contributed by atoms with Crippen LogP contribution in [-0.4, -0.2) is 155 Å². The van der Waals surface area contributed by atoms with Crippen molar-refractivity contribution in [2.24, 2.45) is 0 Å². The average molecular weight is 1080 g/mol. The first-order valence-corrected chi connectivity index (χ1v) is 15.6. The fourth-order valence-electron chi connectivity index (χ4n) is 2.55. The smallest absolute Gasteiger partial charge is 0.448 e. The summed E-state index contributed by atoms with van der Waals surface area (Å²) in [6.07, 6.45) is -8.38. The Morgan fingerprint density at radius 2 is 0.509 bits per heavy atom. The molecule has 0 amide bonds. The summed E-state index contributed by atoms with van der Waals surface area (Å²) in [5.41, 5.74) is -9.06. The molecule has 0 rings (SSSR count). The normalized spacial score (nSPS) is 13.6. The van der Waals surface area contributed by atoms with E-state index in [2.05, 4.69) is 12.5 Å². The average Bonchev–Trinajstić information content (AvgIpc) is 2.78. The Kier molecular flexibility index (Phi) is 33.0. The van der Waals surface area contributed by atoms with Crippen LogP contribution in [0.15, 0.2) is 0 Å². The molecule has 12 N–H and O–H groups in total. The molecule has 0 aromatic rings. The number of carboxylic acid groups (broad SMARTS) is 6. The molecule has 302 valence electrons. The summed E-state index contributed by atoms with van der Waals surface area (Å²) >= 11 is 0. The number of carboxylic acids is 6. The van der Waals surface area contributed by atoms with Crippen LogP contribution in [0.25, 0.3) is 0 Å². The predicted molar refractivity (Wildman–Crippen MR) is 141 cm³/mol. The summed E-state index contributed by atoms with van der Waals surface area (Å²) in [5.74, 6) is -16.7. The van der Waals surface area contributed by atoms with Gasteiger partial charge in [0.2, 0.25) is 0 Å². The van der Waals surface area contributed by atoms with Crippen LogP contribution in [0, 0.1) is 0 Å². The predicted octanol–water partition coefficient (Wildman–Crippen LogP) is -5.97. The van der Waals surface area contributed by atoms with Crippen molar-refractivity contribution in [2.45, 2.75) is 55.3 Å². The van der Waals surface area contributed by atoms with E-state index < -0.39 is 140 Å². The van der Waals surface area contributed by atoms with Gasteiger partial charge in [0.25, 0.3) is 0 Å². The first kappa shape index (κ1) is 67.1. The van der Waals surface area contributed by atoms with Crippen LogP contribution in [-0.2, 0) is 165 Å². The van der Waals surface area contributed by atoms with Gasteiger partial charge in [-0.2, -0.15) is 25.3 Å². The van der Waals surface area contributed by atoms with E-state index in [1.165, 1.54) is 0 Å². The van der Waals surface area contributed by atoms with Crippen molar-refractivity contribution in [2.75, 3.05) is 0 Å². The molecule has 55 heavy (non-hydrogen) atoms. The standard InChI is InChI=1S/3C6H8O10S.4Zn/c3*7-3(8)1-6(12,5(10)11)2-4(9)16-17(13,14)15;;;;/h3*12H,1-2H2,(H,7,8)(H,10,11)(H,13,14,15);;;;. The van der Waals surface area contributed by atoms with E-state index in [1.807, 2.05) is 0 Å². The number of aliphatic hydroxyl groups is 3. The van der Waals surface area contributed by atoms with Crippen molar-refractivity contribution in [3.63, 3.8) is 0 Å². The van der Waals surface area contributed by atoms with Gasteiger partial charge in [-0.3, -0.25) is 42.4 Å². The van der Waals surface area contributed by atoms with Crippen molar-refractivity contribution >= 4 is 84.9 Å². The SMILES string of the molecule is O=C(O)CC(O)(CC(=O)OS(=O)(=O)O)C(=O)O.O=C(O)CC(O)(CC(=O)OS(=O)(=O)O)C(=O)O.O=C(O)CC(O)(CC(=O)OS(=O)(=O)O)C(=O)O.[Zn].[Zn].[Zn].[Zn]. The van der Waals surface area contributed by atoms with Crippen molar-refractivity contribution in [3.8, 4) is 0 Å². The minimum atomic E-state index is -5.15. The molecule has 0 heterocycles. The van der Waals surface area contributed by atoms with Gasteiger partial charge in [0.15, 0.2) is 16.8 Å². The minimum Gasteiger partial charge on any atom is -0.481 e. The third-order valence-corrected chi connectivity index (χ3v) is 5.62. The second kappa shape index (κ2) is 27.1. The quantitative estimate of drug-likeness (QED) is 0.0449. The first-order chi connectivity index (χ1) is 22.4. The molecule has 0 aromatic carbocycles. The molecular formula is C18H24O30S3Zn4. The Balaban J connectivity index is -0.000000121. The molecule has 37 heteroatoms. The zero-order valence-electron chi connectivity index (χ0n) is 27.0. The molecule has 0 fully saturated rings. The summed E-state index contributed by atoms with van der Waals surface area (Å²) in [6.45, 7) is 0. The van der Waals surface area contributed by atoms with Gasteiger partial charge in [-0.1, -0.05) is 0 Å². The summed E-state index contributed by atoms with van der Waals surface area (Å²) in [5, 5.41) is 78.2. The van der Waals surface area contributed by atoms with Crippen LogP contribution in [0.4, 0.5) is 0 Å². The van der Waals surface area contributed by atoms with E-state index >= 15 is 0 Å². The van der Waals surface area contributed by atoms with Gasteiger partial charge in [0.1, 0.15) is 0 Å². The maximum atomic E-state index is 10.8. The van der Waals surface area contributed by atoms with E-state index in [9.17, 15) is 83.7 Å². The van der Waals surface area contributed by atoms with E-state index in [0.717, 1.165) is 0 Å². The fourth-order valence-corrected chi connectivity index (χ4v) is 3.43. The van der Waals surface area contributed by atoms with Crippen LogP contribution < -0.4 is 0 Å². The van der Waals surface area contributed by atoms with Crippen molar-refractivity contribution in [1.29, 1.82) is 0 Å². The third-order valence-electron chi connectivity index (χ3n) is 4.43. The van der Waals surface area contributed by atoms with Gasteiger partial charge in [0.05, 0.1) is 38.5 Å².